The van der Waals surface area contributed by atoms with Crippen LogP contribution < -0.4 is 0 Å². The predicted molar refractivity (Wildman–Crippen MR) is 113 cm³/mol. The zero-order chi connectivity index (χ0) is 20.7. The average Bonchev–Trinajstić information content (AvgIpc) is 3.17. The Morgan fingerprint density at radius 1 is 1.13 bits per heavy atom. The first-order valence-electron chi connectivity index (χ1n) is 9.93. The van der Waals surface area contributed by atoms with Gasteiger partial charge in [0.1, 0.15) is 0 Å². The molecule has 7 nitrogen and oxygen atoms in total. The van der Waals surface area contributed by atoms with Gasteiger partial charge >= 0.3 is 0 Å². The van der Waals surface area contributed by atoms with Crippen LogP contribution in [-0.2, 0) is 0 Å². The summed E-state index contributed by atoms with van der Waals surface area (Å²) >= 11 is 0. The van der Waals surface area contributed by atoms with Gasteiger partial charge in [0.25, 0.3) is 5.91 Å². The number of aromatic nitrogens is 4. The first-order valence-corrected chi connectivity index (χ1v) is 9.93. The lowest BCUT2D eigenvalue weighted by Gasteiger charge is -2.38. The molecule has 2 aromatic carbocycles. The SMILES string of the molecule is C[C@H](O)c1cccc(-c2nccnc2C2CN(C(=O)c3nc4ccccc4[nH]3)C2)c1. The van der Waals surface area contributed by atoms with E-state index < -0.39 is 6.10 Å². The summed E-state index contributed by atoms with van der Waals surface area (Å²) in [7, 11) is 0. The van der Waals surface area contributed by atoms with Crippen LogP contribution >= 0.6 is 0 Å². The maximum atomic E-state index is 12.8. The van der Waals surface area contributed by atoms with E-state index in [1.54, 1.807) is 24.2 Å². The van der Waals surface area contributed by atoms with Crippen LogP contribution in [0.1, 0.15) is 40.8 Å². The third kappa shape index (κ3) is 3.23. The van der Waals surface area contributed by atoms with Crippen molar-refractivity contribution in [3.63, 3.8) is 0 Å². The molecule has 2 aromatic heterocycles. The van der Waals surface area contributed by atoms with Gasteiger partial charge in [0.2, 0.25) is 0 Å². The Balaban J connectivity index is 1.36. The molecule has 1 aliphatic rings. The number of aliphatic hydroxyl groups is 1. The molecule has 2 N–H and O–H groups in total. The van der Waals surface area contributed by atoms with Crippen molar-refractivity contribution in [1.29, 1.82) is 0 Å². The number of rotatable bonds is 4. The Morgan fingerprint density at radius 3 is 2.73 bits per heavy atom. The summed E-state index contributed by atoms with van der Waals surface area (Å²) in [6.45, 7) is 2.87. The van der Waals surface area contributed by atoms with Gasteiger partial charge in [-0.25, -0.2) is 4.98 Å². The van der Waals surface area contributed by atoms with E-state index in [1.165, 1.54) is 0 Å². The molecule has 0 unspecified atom stereocenters. The molecule has 1 atom stereocenters. The van der Waals surface area contributed by atoms with Crippen molar-refractivity contribution in [3.8, 4) is 11.3 Å². The number of benzene rings is 2. The highest BCUT2D eigenvalue weighted by atomic mass is 16.3. The highest BCUT2D eigenvalue weighted by molar-refractivity contribution is 5.94. The molecule has 5 rings (SSSR count). The standard InChI is InChI=1S/C23H21N5O2/c1-14(29)15-5-4-6-16(11-15)20-21(25-10-9-24-20)17-12-28(13-17)23(30)22-26-18-7-2-3-8-19(18)27-22/h2-11,14,17,29H,12-13H2,1H3,(H,26,27)/t14-/m0/s1. The minimum absolute atomic E-state index is 0.107. The number of para-hydroxylation sites is 2. The van der Waals surface area contributed by atoms with Gasteiger partial charge in [-0.3, -0.25) is 14.8 Å². The Morgan fingerprint density at radius 2 is 1.93 bits per heavy atom. The third-order valence-electron chi connectivity index (χ3n) is 5.52. The van der Waals surface area contributed by atoms with Crippen LogP contribution in [0.4, 0.5) is 0 Å². The van der Waals surface area contributed by atoms with Gasteiger partial charge in [-0.1, -0.05) is 30.3 Å². The second-order valence-corrected chi connectivity index (χ2v) is 7.60. The van der Waals surface area contributed by atoms with Gasteiger partial charge in [0.05, 0.1) is 28.5 Å². The largest absolute Gasteiger partial charge is 0.389 e. The maximum Gasteiger partial charge on any atom is 0.289 e. The number of carbonyl (C=O) groups excluding carboxylic acids is 1. The highest BCUT2D eigenvalue weighted by Gasteiger charge is 2.36. The number of imidazole rings is 1. The molecule has 7 heteroatoms. The molecule has 0 bridgehead atoms. The van der Waals surface area contributed by atoms with Crippen LogP contribution in [0.25, 0.3) is 22.3 Å². The number of hydrogen-bond acceptors (Lipinski definition) is 5. The lowest BCUT2D eigenvalue weighted by atomic mass is 9.91. The summed E-state index contributed by atoms with van der Waals surface area (Å²) in [6.07, 6.45) is 2.80. The van der Waals surface area contributed by atoms with E-state index in [9.17, 15) is 9.90 Å². The van der Waals surface area contributed by atoms with Crippen molar-refractivity contribution < 1.29 is 9.90 Å². The number of nitrogens with zero attached hydrogens (tertiary/aromatic N) is 4. The van der Waals surface area contributed by atoms with Crippen molar-refractivity contribution >= 4 is 16.9 Å². The first-order chi connectivity index (χ1) is 14.6. The van der Waals surface area contributed by atoms with Crippen molar-refractivity contribution in [3.05, 3.63) is 78.0 Å². The van der Waals surface area contributed by atoms with Crippen molar-refractivity contribution in [2.75, 3.05) is 13.1 Å². The topological polar surface area (TPSA) is 95.0 Å². The van der Waals surface area contributed by atoms with E-state index in [0.29, 0.717) is 18.9 Å². The Labute approximate surface area is 173 Å². The van der Waals surface area contributed by atoms with Crippen LogP contribution in [0.5, 0.6) is 0 Å². The zero-order valence-corrected chi connectivity index (χ0v) is 16.5. The van der Waals surface area contributed by atoms with Crippen LogP contribution in [0.15, 0.2) is 60.9 Å². The summed E-state index contributed by atoms with van der Waals surface area (Å²) in [4.78, 5) is 31.2. The molecule has 0 radical (unpaired) electrons. The van der Waals surface area contributed by atoms with Crippen molar-refractivity contribution in [2.45, 2.75) is 18.9 Å². The molecule has 30 heavy (non-hydrogen) atoms. The average molecular weight is 399 g/mol. The van der Waals surface area contributed by atoms with Crippen molar-refractivity contribution in [1.82, 2.24) is 24.8 Å². The molecule has 0 spiro atoms. The predicted octanol–water partition coefficient (Wildman–Crippen LogP) is 3.31. The number of nitrogens with one attached hydrogen (secondary N) is 1. The first kappa shape index (κ1) is 18.4. The van der Waals surface area contributed by atoms with Gasteiger partial charge in [-0.15, -0.1) is 0 Å². The minimum Gasteiger partial charge on any atom is -0.389 e. The van der Waals surface area contributed by atoms with Crippen LogP contribution in [-0.4, -0.2) is 48.9 Å². The Kier molecular flexibility index (Phi) is 4.52. The number of likely N-dealkylation sites (tertiary alicyclic amines) is 1. The minimum atomic E-state index is -0.550. The molecule has 0 aliphatic carbocycles. The second kappa shape index (κ2) is 7.35. The molecule has 1 aliphatic heterocycles. The van der Waals surface area contributed by atoms with Gasteiger partial charge in [0, 0.05) is 37.0 Å². The Bertz CT molecular complexity index is 1190. The molecule has 1 fully saturated rings. The van der Waals surface area contributed by atoms with E-state index in [2.05, 4.69) is 19.9 Å². The van der Waals surface area contributed by atoms with Gasteiger partial charge in [-0.2, -0.15) is 0 Å². The summed E-state index contributed by atoms with van der Waals surface area (Å²) in [5, 5.41) is 9.90. The fraction of sp³-hybridized carbons (Fsp3) is 0.217. The number of hydrogen-bond donors (Lipinski definition) is 2. The monoisotopic (exact) mass is 399 g/mol. The maximum absolute atomic E-state index is 12.8. The smallest absolute Gasteiger partial charge is 0.289 e. The van der Waals surface area contributed by atoms with E-state index in [0.717, 1.165) is 33.5 Å². The summed E-state index contributed by atoms with van der Waals surface area (Å²) in [6, 6.07) is 15.3. The molecule has 1 amide bonds. The zero-order valence-electron chi connectivity index (χ0n) is 16.5. The van der Waals surface area contributed by atoms with E-state index >= 15 is 0 Å². The van der Waals surface area contributed by atoms with Crippen LogP contribution in [0.3, 0.4) is 0 Å². The lowest BCUT2D eigenvalue weighted by Crippen LogP contribution is -2.49. The molecular weight excluding hydrogens is 378 g/mol. The number of aliphatic hydroxyl groups excluding tert-OH is 1. The molecule has 150 valence electrons. The lowest BCUT2D eigenvalue weighted by molar-refractivity contribution is 0.0587. The fourth-order valence-corrected chi connectivity index (χ4v) is 3.84. The Hall–Kier alpha value is -3.58. The van der Waals surface area contributed by atoms with E-state index in [-0.39, 0.29) is 11.8 Å². The molecule has 1 saturated heterocycles. The fourth-order valence-electron chi connectivity index (χ4n) is 3.84. The highest BCUT2D eigenvalue weighted by Crippen LogP contribution is 2.33. The van der Waals surface area contributed by atoms with E-state index in [1.807, 2.05) is 48.5 Å². The van der Waals surface area contributed by atoms with Crippen molar-refractivity contribution in [2.24, 2.45) is 0 Å². The number of H-pyrrole nitrogens is 1. The number of carbonyl (C=O) groups is 1. The molecule has 0 saturated carbocycles. The molecule has 4 aromatic rings. The van der Waals surface area contributed by atoms with Crippen LogP contribution in [0, 0.1) is 0 Å². The van der Waals surface area contributed by atoms with E-state index in [4.69, 9.17) is 0 Å². The number of aromatic amines is 1. The van der Waals surface area contributed by atoms with Gasteiger partial charge in [-0.05, 0) is 30.7 Å². The van der Waals surface area contributed by atoms with Crippen LogP contribution in [0.2, 0.25) is 0 Å². The third-order valence-corrected chi connectivity index (χ3v) is 5.52. The quantitative estimate of drug-likeness (QED) is 0.549. The second-order valence-electron chi connectivity index (χ2n) is 7.60. The summed E-state index contributed by atoms with van der Waals surface area (Å²) < 4.78 is 0. The molecular formula is C23H21N5O2. The molecule has 3 heterocycles. The van der Waals surface area contributed by atoms with Gasteiger partial charge in [0.15, 0.2) is 5.82 Å². The normalized spacial score (nSPS) is 15.2. The number of fused-ring (bicyclic) bond motifs is 1. The number of amides is 1. The summed E-state index contributed by atoms with van der Waals surface area (Å²) in [5.41, 5.74) is 5.05. The summed E-state index contributed by atoms with van der Waals surface area (Å²) in [5.74, 6) is 0.361. The van der Waals surface area contributed by atoms with Gasteiger partial charge < -0.3 is 15.0 Å².